The van der Waals surface area contributed by atoms with Gasteiger partial charge in [-0.1, -0.05) is 6.07 Å². The Morgan fingerprint density at radius 3 is 2.70 bits per heavy atom. The highest BCUT2D eigenvalue weighted by molar-refractivity contribution is 7.14. The lowest BCUT2D eigenvalue weighted by Crippen LogP contribution is -2.12. The third kappa shape index (κ3) is 3.03. The summed E-state index contributed by atoms with van der Waals surface area (Å²) in [7, 11) is 1.56. The molecule has 0 aliphatic heterocycles. The molecule has 0 fully saturated rings. The van der Waals surface area contributed by atoms with E-state index in [1.54, 1.807) is 24.6 Å². The Morgan fingerprint density at radius 2 is 2.10 bits per heavy atom. The van der Waals surface area contributed by atoms with Gasteiger partial charge in [-0.05, 0) is 24.6 Å². The van der Waals surface area contributed by atoms with Gasteiger partial charge >= 0.3 is 0 Å². The Hall–Kier alpha value is -2.21. The van der Waals surface area contributed by atoms with E-state index in [4.69, 9.17) is 4.74 Å². The number of benzene rings is 1. The number of carbonyl (C=O) groups excluding carboxylic acids is 2. The number of nitrogens with zero attached hydrogens (tertiary/aromatic N) is 1. The minimum absolute atomic E-state index is 0.126. The molecule has 0 bridgehead atoms. The third-order valence-electron chi connectivity index (χ3n) is 2.76. The zero-order valence-corrected chi connectivity index (χ0v) is 12.2. The van der Waals surface area contributed by atoms with Gasteiger partial charge in [-0.3, -0.25) is 14.9 Å². The Balaban J connectivity index is 2.17. The molecule has 104 valence electrons. The summed E-state index contributed by atoms with van der Waals surface area (Å²) in [6.07, 6.45) is 0. The molecular weight excluding hydrogens is 276 g/mol. The van der Waals surface area contributed by atoms with Crippen LogP contribution in [0, 0.1) is 6.92 Å². The first kappa shape index (κ1) is 14.2. The smallest absolute Gasteiger partial charge is 0.257 e. The molecule has 5 nitrogen and oxygen atoms in total. The van der Waals surface area contributed by atoms with Crippen LogP contribution in [-0.2, 0) is 0 Å². The van der Waals surface area contributed by atoms with E-state index < -0.39 is 0 Å². The molecule has 20 heavy (non-hydrogen) atoms. The van der Waals surface area contributed by atoms with Crippen LogP contribution in [0.3, 0.4) is 0 Å². The van der Waals surface area contributed by atoms with Crippen LogP contribution in [-0.4, -0.2) is 23.8 Å². The maximum absolute atomic E-state index is 12.1. The van der Waals surface area contributed by atoms with Gasteiger partial charge in [0.15, 0.2) is 10.9 Å². The van der Waals surface area contributed by atoms with Crippen LogP contribution < -0.4 is 10.1 Å². The number of hydrogen-bond donors (Lipinski definition) is 1. The minimum atomic E-state index is -0.284. The Bertz CT molecular complexity index is 664. The highest BCUT2D eigenvalue weighted by Gasteiger charge is 2.12. The van der Waals surface area contributed by atoms with E-state index in [0.29, 0.717) is 22.1 Å². The molecule has 0 saturated heterocycles. The molecule has 0 spiro atoms. The lowest BCUT2D eigenvalue weighted by Gasteiger charge is -2.07. The SMILES string of the molecule is COc1cc(C(=O)Nc2nc(C(C)=O)cs2)ccc1C. The van der Waals surface area contributed by atoms with Crippen molar-refractivity contribution in [2.45, 2.75) is 13.8 Å². The van der Waals surface area contributed by atoms with Crippen molar-refractivity contribution in [2.75, 3.05) is 12.4 Å². The number of Topliss-reactive ketones (excluding diaryl/α,β-unsaturated/α-hetero) is 1. The molecule has 6 heteroatoms. The minimum Gasteiger partial charge on any atom is -0.496 e. The van der Waals surface area contributed by atoms with Gasteiger partial charge in [-0.2, -0.15) is 0 Å². The molecule has 0 radical (unpaired) electrons. The Morgan fingerprint density at radius 1 is 1.35 bits per heavy atom. The van der Waals surface area contributed by atoms with Crippen LogP contribution in [0.25, 0.3) is 0 Å². The largest absolute Gasteiger partial charge is 0.496 e. The van der Waals surface area contributed by atoms with Crippen molar-refractivity contribution in [3.63, 3.8) is 0 Å². The summed E-state index contributed by atoms with van der Waals surface area (Å²) in [5.41, 5.74) is 1.79. The molecule has 1 amide bonds. The molecule has 1 aromatic carbocycles. The van der Waals surface area contributed by atoms with E-state index in [9.17, 15) is 9.59 Å². The third-order valence-corrected chi connectivity index (χ3v) is 3.51. The molecule has 0 saturated carbocycles. The molecule has 0 aliphatic carbocycles. The van der Waals surface area contributed by atoms with Crippen LogP contribution in [0.2, 0.25) is 0 Å². The molecule has 2 aromatic rings. The molecule has 1 aromatic heterocycles. The molecule has 0 aliphatic rings. The van der Waals surface area contributed by atoms with Crippen molar-refractivity contribution in [3.05, 3.63) is 40.4 Å². The fourth-order valence-corrected chi connectivity index (χ4v) is 2.37. The van der Waals surface area contributed by atoms with Gasteiger partial charge in [0.2, 0.25) is 0 Å². The number of amides is 1. The topological polar surface area (TPSA) is 68.3 Å². The summed E-state index contributed by atoms with van der Waals surface area (Å²) in [5, 5.41) is 4.69. The highest BCUT2D eigenvalue weighted by atomic mass is 32.1. The number of carbonyl (C=O) groups is 2. The number of nitrogens with one attached hydrogen (secondary N) is 1. The van der Waals surface area contributed by atoms with Crippen molar-refractivity contribution < 1.29 is 14.3 Å². The number of ketones is 1. The molecule has 0 atom stereocenters. The van der Waals surface area contributed by atoms with Crippen molar-refractivity contribution in [1.82, 2.24) is 4.98 Å². The van der Waals surface area contributed by atoms with E-state index in [0.717, 1.165) is 5.56 Å². The summed E-state index contributed by atoms with van der Waals surface area (Å²) in [5.74, 6) is 0.243. The van der Waals surface area contributed by atoms with Crippen LogP contribution in [0.1, 0.15) is 33.3 Å². The zero-order chi connectivity index (χ0) is 14.7. The maximum atomic E-state index is 12.1. The summed E-state index contributed by atoms with van der Waals surface area (Å²) >= 11 is 1.22. The van der Waals surface area contributed by atoms with Gasteiger partial charge in [-0.25, -0.2) is 4.98 Å². The van der Waals surface area contributed by atoms with Gasteiger partial charge in [0, 0.05) is 17.9 Å². The average molecular weight is 290 g/mol. The first-order chi connectivity index (χ1) is 9.51. The predicted octanol–water partition coefficient (Wildman–Crippen LogP) is 2.92. The van der Waals surface area contributed by atoms with Gasteiger partial charge in [0.05, 0.1) is 7.11 Å². The van der Waals surface area contributed by atoms with Gasteiger partial charge in [0.25, 0.3) is 5.91 Å². The maximum Gasteiger partial charge on any atom is 0.257 e. The summed E-state index contributed by atoms with van der Waals surface area (Å²) in [6.45, 7) is 3.34. The van der Waals surface area contributed by atoms with Gasteiger partial charge < -0.3 is 4.74 Å². The van der Waals surface area contributed by atoms with Crippen molar-refractivity contribution in [1.29, 1.82) is 0 Å². The normalized spacial score (nSPS) is 10.2. The fraction of sp³-hybridized carbons (Fsp3) is 0.214. The van der Waals surface area contributed by atoms with E-state index in [1.807, 2.05) is 13.0 Å². The molecular formula is C14H14N2O3S. The van der Waals surface area contributed by atoms with Gasteiger partial charge in [0.1, 0.15) is 11.4 Å². The second-order valence-electron chi connectivity index (χ2n) is 4.23. The number of hydrogen-bond acceptors (Lipinski definition) is 5. The van der Waals surface area contributed by atoms with E-state index >= 15 is 0 Å². The first-order valence-electron chi connectivity index (χ1n) is 5.93. The van der Waals surface area contributed by atoms with Crippen LogP contribution in [0.4, 0.5) is 5.13 Å². The van der Waals surface area contributed by atoms with Crippen molar-refractivity contribution >= 4 is 28.2 Å². The predicted molar refractivity (Wildman–Crippen MR) is 77.8 cm³/mol. The monoisotopic (exact) mass is 290 g/mol. The summed E-state index contributed by atoms with van der Waals surface area (Å²) < 4.78 is 5.18. The number of ether oxygens (including phenoxy) is 1. The zero-order valence-electron chi connectivity index (χ0n) is 11.4. The van der Waals surface area contributed by atoms with Crippen molar-refractivity contribution in [2.24, 2.45) is 0 Å². The van der Waals surface area contributed by atoms with E-state index in [-0.39, 0.29) is 11.7 Å². The number of anilines is 1. The second-order valence-corrected chi connectivity index (χ2v) is 5.09. The van der Waals surface area contributed by atoms with E-state index in [2.05, 4.69) is 10.3 Å². The number of aromatic nitrogens is 1. The second kappa shape index (κ2) is 5.83. The average Bonchev–Trinajstić information content (AvgIpc) is 2.88. The first-order valence-corrected chi connectivity index (χ1v) is 6.81. The molecule has 2 rings (SSSR count). The molecule has 0 unspecified atom stereocenters. The summed E-state index contributed by atoms with van der Waals surface area (Å²) in [6, 6.07) is 5.20. The standard InChI is InChI=1S/C14H14N2O3S/c1-8-4-5-10(6-12(8)19-3)13(18)16-14-15-11(7-20-14)9(2)17/h4-7H,1-3H3,(H,15,16,18). The Kier molecular flexibility index (Phi) is 4.14. The fourth-order valence-electron chi connectivity index (χ4n) is 1.62. The number of thiazole rings is 1. The van der Waals surface area contributed by atoms with Crippen LogP contribution in [0.15, 0.2) is 23.6 Å². The van der Waals surface area contributed by atoms with Gasteiger partial charge in [-0.15, -0.1) is 11.3 Å². The molecule has 1 N–H and O–H groups in total. The molecule has 1 heterocycles. The number of aryl methyl sites for hydroxylation is 1. The summed E-state index contributed by atoms with van der Waals surface area (Å²) in [4.78, 5) is 27.3. The highest BCUT2D eigenvalue weighted by Crippen LogP contribution is 2.21. The van der Waals surface area contributed by atoms with Crippen molar-refractivity contribution in [3.8, 4) is 5.75 Å². The Labute approximate surface area is 120 Å². The lowest BCUT2D eigenvalue weighted by molar-refractivity contribution is 0.100. The van der Waals surface area contributed by atoms with Crippen LogP contribution >= 0.6 is 11.3 Å². The quantitative estimate of drug-likeness (QED) is 0.879. The van der Waals surface area contributed by atoms with E-state index in [1.165, 1.54) is 18.3 Å². The van der Waals surface area contributed by atoms with Crippen LogP contribution in [0.5, 0.6) is 5.75 Å². The number of rotatable bonds is 4. The number of methoxy groups -OCH3 is 1. The lowest BCUT2D eigenvalue weighted by atomic mass is 10.1.